The van der Waals surface area contributed by atoms with Crippen molar-refractivity contribution in [1.82, 2.24) is 0 Å². The zero-order valence-electron chi connectivity index (χ0n) is 9.80. The highest BCUT2D eigenvalue weighted by Gasteiger charge is 2.05. The second-order valence-electron chi connectivity index (χ2n) is 3.95. The van der Waals surface area contributed by atoms with Crippen molar-refractivity contribution in [3.8, 4) is 5.75 Å². The van der Waals surface area contributed by atoms with Gasteiger partial charge in [-0.05, 0) is 42.0 Å². The number of halogens is 4. The lowest BCUT2D eigenvalue weighted by Gasteiger charge is -2.11. The normalized spacial score (nSPS) is 10.5. The van der Waals surface area contributed by atoms with Gasteiger partial charge in [-0.2, -0.15) is 0 Å². The molecule has 0 radical (unpaired) electrons. The van der Waals surface area contributed by atoms with Crippen LogP contribution in [0, 0.1) is 5.82 Å². The van der Waals surface area contributed by atoms with Crippen molar-refractivity contribution in [3.05, 3.63) is 62.8 Å². The van der Waals surface area contributed by atoms with Crippen molar-refractivity contribution in [2.45, 2.75) is 11.9 Å². The van der Waals surface area contributed by atoms with Crippen LogP contribution in [0.5, 0.6) is 5.75 Å². The van der Waals surface area contributed by atoms with Gasteiger partial charge in [-0.25, -0.2) is 4.39 Å². The number of benzene rings is 2. The van der Waals surface area contributed by atoms with Gasteiger partial charge in [0.05, 0.1) is 0 Å². The van der Waals surface area contributed by atoms with Crippen molar-refractivity contribution in [1.29, 1.82) is 0 Å². The maximum atomic E-state index is 13.2. The Morgan fingerprint density at radius 1 is 1.16 bits per heavy atom. The summed E-state index contributed by atoms with van der Waals surface area (Å²) in [5.41, 5.74) is 1.73. The second-order valence-corrected chi connectivity index (χ2v) is 5.86. The monoisotopic (exact) mass is 406 g/mol. The van der Waals surface area contributed by atoms with Crippen LogP contribution in [0.4, 0.5) is 4.39 Å². The molecule has 0 atom stereocenters. The lowest BCUT2D eigenvalue weighted by Crippen LogP contribution is -1.98. The largest absolute Gasteiger partial charge is 0.489 e. The number of rotatable bonds is 4. The van der Waals surface area contributed by atoms with Gasteiger partial charge in [-0.15, -0.1) is 0 Å². The molecule has 0 aromatic heterocycles. The minimum atomic E-state index is -0.287. The van der Waals surface area contributed by atoms with Gasteiger partial charge in [-0.1, -0.05) is 43.5 Å². The van der Waals surface area contributed by atoms with Crippen LogP contribution in [0.2, 0.25) is 5.02 Å². The van der Waals surface area contributed by atoms with Gasteiger partial charge in [0.2, 0.25) is 0 Å². The highest BCUT2D eigenvalue weighted by molar-refractivity contribution is 9.10. The molecule has 1 nitrogen and oxygen atoms in total. The standard InChI is InChI=1S/C14H10Br2ClFO/c15-7-10-5-12(17)1-2-14(10)19-8-9-3-11(16)6-13(18)4-9/h1-6H,7-8H2. The summed E-state index contributed by atoms with van der Waals surface area (Å²) in [5, 5.41) is 1.31. The molecular formula is C14H10Br2ClFO. The van der Waals surface area contributed by atoms with Crippen LogP contribution < -0.4 is 4.74 Å². The number of hydrogen-bond donors (Lipinski definition) is 0. The number of ether oxygens (including phenoxy) is 1. The average Bonchev–Trinajstić information content (AvgIpc) is 2.36. The Morgan fingerprint density at radius 2 is 1.95 bits per heavy atom. The molecule has 0 N–H and O–H groups in total. The lowest BCUT2D eigenvalue weighted by atomic mass is 10.2. The van der Waals surface area contributed by atoms with E-state index < -0.39 is 0 Å². The Hall–Kier alpha value is -0.580. The van der Waals surface area contributed by atoms with E-state index in [0.717, 1.165) is 16.9 Å². The summed E-state index contributed by atoms with van der Waals surface area (Å²) in [5.74, 6) is 0.450. The number of alkyl halides is 1. The molecule has 2 aromatic rings. The van der Waals surface area contributed by atoms with Crippen molar-refractivity contribution in [3.63, 3.8) is 0 Å². The van der Waals surface area contributed by atoms with Crippen LogP contribution in [0.15, 0.2) is 40.9 Å². The minimum absolute atomic E-state index is 0.287. The van der Waals surface area contributed by atoms with Crippen molar-refractivity contribution in [2.24, 2.45) is 0 Å². The fourth-order valence-electron chi connectivity index (χ4n) is 1.65. The predicted octanol–water partition coefficient (Wildman–Crippen LogP) is 5.72. The summed E-state index contributed by atoms with van der Waals surface area (Å²) >= 11 is 12.6. The third-order valence-electron chi connectivity index (χ3n) is 2.48. The van der Waals surface area contributed by atoms with Gasteiger partial charge in [0, 0.05) is 20.4 Å². The Kier molecular flexibility index (Phi) is 5.25. The first-order valence-corrected chi connectivity index (χ1v) is 7.80. The molecule has 0 fully saturated rings. The summed E-state index contributed by atoms with van der Waals surface area (Å²) in [6.07, 6.45) is 0. The molecule has 0 bridgehead atoms. The molecule has 100 valence electrons. The topological polar surface area (TPSA) is 9.23 Å². The van der Waals surface area contributed by atoms with Gasteiger partial charge in [-0.3, -0.25) is 0 Å². The minimum Gasteiger partial charge on any atom is -0.489 e. The fraction of sp³-hybridized carbons (Fsp3) is 0.143. The smallest absolute Gasteiger partial charge is 0.124 e. The van der Waals surface area contributed by atoms with Crippen LogP contribution in [0.1, 0.15) is 11.1 Å². The van der Waals surface area contributed by atoms with E-state index in [1.54, 1.807) is 6.07 Å². The summed E-state index contributed by atoms with van der Waals surface area (Å²) in [6, 6.07) is 10.1. The van der Waals surface area contributed by atoms with Crippen molar-refractivity contribution >= 4 is 43.5 Å². The molecule has 2 rings (SSSR count). The van der Waals surface area contributed by atoms with Crippen LogP contribution in [-0.4, -0.2) is 0 Å². The molecule has 19 heavy (non-hydrogen) atoms. The third kappa shape index (κ3) is 4.20. The Morgan fingerprint density at radius 3 is 2.63 bits per heavy atom. The van der Waals surface area contributed by atoms with Crippen molar-refractivity contribution < 1.29 is 9.13 Å². The van der Waals surface area contributed by atoms with E-state index in [1.807, 2.05) is 18.2 Å². The molecule has 0 aliphatic rings. The third-order valence-corrected chi connectivity index (χ3v) is 3.78. The molecule has 0 aliphatic carbocycles. The van der Waals surface area contributed by atoms with E-state index in [-0.39, 0.29) is 5.82 Å². The fourth-order valence-corrected chi connectivity index (χ4v) is 2.79. The molecule has 0 heterocycles. The van der Waals surface area contributed by atoms with E-state index in [0.29, 0.717) is 21.4 Å². The molecule has 0 saturated carbocycles. The van der Waals surface area contributed by atoms with Crippen LogP contribution in [-0.2, 0) is 11.9 Å². The van der Waals surface area contributed by atoms with E-state index >= 15 is 0 Å². The lowest BCUT2D eigenvalue weighted by molar-refractivity contribution is 0.303. The molecule has 0 saturated heterocycles. The van der Waals surface area contributed by atoms with E-state index in [1.165, 1.54) is 12.1 Å². The van der Waals surface area contributed by atoms with E-state index in [9.17, 15) is 4.39 Å². The summed E-state index contributed by atoms with van der Waals surface area (Å²) in [7, 11) is 0. The second kappa shape index (κ2) is 6.73. The van der Waals surface area contributed by atoms with Gasteiger partial charge in [0.15, 0.2) is 0 Å². The zero-order valence-corrected chi connectivity index (χ0v) is 13.7. The van der Waals surface area contributed by atoms with Crippen molar-refractivity contribution in [2.75, 3.05) is 0 Å². The SMILES string of the molecule is Fc1cc(Br)cc(COc2ccc(Cl)cc2CBr)c1. The Labute approximate surface area is 133 Å². The summed E-state index contributed by atoms with van der Waals surface area (Å²) in [6.45, 7) is 0.304. The number of hydrogen-bond acceptors (Lipinski definition) is 1. The quantitative estimate of drug-likeness (QED) is 0.589. The first-order valence-electron chi connectivity index (χ1n) is 5.50. The molecule has 0 aliphatic heterocycles. The van der Waals surface area contributed by atoms with Crippen LogP contribution >= 0.6 is 43.5 Å². The average molecular weight is 408 g/mol. The highest BCUT2D eigenvalue weighted by Crippen LogP contribution is 2.26. The van der Waals surface area contributed by atoms with Crippen LogP contribution in [0.3, 0.4) is 0 Å². The van der Waals surface area contributed by atoms with Gasteiger partial charge in [0.25, 0.3) is 0 Å². The summed E-state index contributed by atoms with van der Waals surface area (Å²) < 4.78 is 19.6. The Balaban J connectivity index is 2.14. The molecule has 5 heteroatoms. The first kappa shape index (κ1) is 14.8. The van der Waals surface area contributed by atoms with Gasteiger partial charge < -0.3 is 4.74 Å². The molecular weight excluding hydrogens is 398 g/mol. The van der Waals surface area contributed by atoms with Gasteiger partial charge >= 0.3 is 0 Å². The predicted molar refractivity (Wildman–Crippen MR) is 82.5 cm³/mol. The maximum Gasteiger partial charge on any atom is 0.124 e. The van der Waals surface area contributed by atoms with E-state index in [2.05, 4.69) is 31.9 Å². The molecule has 0 spiro atoms. The summed E-state index contributed by atoms with van der Waals surface area (Å²) in [4.78, 5) is 0. The first-order chi connectivity index (χ1) is 9.08. The maximum absolute atomic E-state index is 13.2. The highest BCUT2D eigenvalue weighted by atomic mass is 79.9. The molecule has 0 amide bonds. The van der Waals surface area contributed by atoms with E-state index in [4.69, 9.17) is 16.3 Å². The van der Waals surface area contributed by atoms with Gasteiger partial charge in [0.1, 0.15) is 18.2 Å². The molecule has 2 aromatic carbocycles. The zero-order chi connectivity index (χ0) is 13.8. The Bertz CT molecular complexity index is 569. The molecule has 0 unspecified atom stereocenters. The van der Waals surface area contributed by atoms with Crippen LogP contribution in [0.25, 0.3) is 0 Å².